The second-order valence-electron chi connectivity index (χ2n) is 3.22. The molecule has 0 amide bonds. The minimum absolute atomic E-state index is 0.267. The molecular weight excluding hydrogens is 211 g/mol. The van der Waals surface area contributed by atoms with Gasteiger partial charge in [-0.2, -0.15) is 12.6 Å². The summed E-state index contributed by atoms with van der Waals surface area (Å²) in [7, 11) is 0. The van der Waals surface area contributed by atoms with Gasteiger partial charge in [0, 0.05) is 18.4 Å². The standard InChI is InChI=1S/C11H11FN2S/c1-2-5-14-10-4-3-8(12)6-9(10)13-11(14)7-15/h2-4,6,15H,1,5,7H2. The minimum Gasteiger partial charge on any atom is -0.323 e. The third kappa shape index (κ3) is 1.77. The molecule has 2 rings (SSSR count). The van der Waals surface area contributed by atoms with E-state index in [0.717, 1.165) is 11.3 Å². The van der Waals surface area contributed by atoms with Gasteiger partial charge < -0.3 is 4.57 Å². The summed E-state index contributed by atoms with van der Waals surface area (Å²) < 4.78 is 15.0. The lowest BCUT2D eigenvalue weighted by Crippen LogP contribution is -1.99. The molecule has 2 aromatic rings. The summed E-state index contributed by atoms with van der Waals surface area (Å²) in [6.45, 7) is 4.35. The number of hydrogen-bond donors (Lipinski definition) is 1. The first-order valence-corrected chi connectivity index (χ1v) is 5.26. The van der Waals surface area contributed by atoms with Crippen molar-refractivity contribution in [2.45, 2.75) is 12.3 Å². The zero-order valence-corrected chi connectivity index (χ0v) is 9.04. The van der Waals surface area contributed by atoms with Crippen molar-refractivity contribution < 1.29 is 4.39 Å². The van der Waals surface area contributed by atoms with E-state index in [1.54, 1.807) is 12.1 Å². The zero-order valence-electron chi connectivity index (χ0n) is 8.15. The van der Waals surface area contributed by atoms with Gasteiger partial charge >= 0.3 is 0 Å². The fraction of sp³-hybridized carbons (Fsp3) is 0.182. The zero-order chi connectivity index (χ0) is 10.8. The van der Waals surface area contributed by atoms with E-state index in [2.05, 4.69) is 24.2 Å². The second-order valence-corrected chi connectivity index (χ2v) is 3.53. The number of rotatable bonds is 3. The van der Waals surface area contributed by atoms with Crippen LogP contribution in [-0.4, -0.2) is 9.55 Å². The van der Waals surface area contributed by atoms with E-state index in [1.807, 2.05) is 4.57 Å². The Kier molecular flexibility index (Phi) is 2.77. The molecule has 1 aromatic carbocycles. The van der Waals surface area contributed by atoms with Crippen LogP contribution in [0.25, 0.3) is 11.0 Å². The molecule has 0 bridgehead atoms. The summed E-state index contributed by atoms with van der Waals surface area (Å²) in [4.78, 5) is 4.31. The molecule has 78 valence electrons. The van der Waals surface area contributed by atoms with E-state index in [1.165, 1.54) is 12.1 Å². The fourth-order valence-electron chi connectivity index (χ4n) is 1.61. The Bertz CT molecular complexity index is 505. The van der Waals surface area contributed by atoms with E-state index in [9.17, 15) is 4.39 Å². The highest BCUT2D eigenvalue weighted by Crippen LogP contribution is 2.18. The molecule has 0 unspecified atom stereocenters. The lowest BCUT2D eigenvalue weighted by Gasteiger charge is -2.03. The Morgan fingerprint density at radius 1 is 1.53 bits per heavy atom. The molecule has 0 saturated carbocycles. The molecule has 0 atom stereocenters. The number of aromatic nitrogens is 2. The van der Waals surface area contributed by atoms with E-state index in [4.69, 9.17) is 0 Å². The molecule has 0 radical (unpaired) electrons. The van der Waals surface area contributed by atoms with Gasteiger partial charge in [-0.3, -0.25) is 0 Å². The van der Waals surface area contributed by atoms with Crippen LogP contribution in [0, 0.1) is 5.82 Å². The van der Waals surface area contributed by atoms with Gasteiger partial charge in [0.1, 0.15) is 11.6 Å². The first-order valence-electron chi connectivity index (χ1n) is 4.62. The Balaban J connectivity index is 2.68. The average Bonchev–Trinajstić information content (AvgIpc) is 2.56. The quantitative estimate of drug-likeness (QED) is 0.624. The lowest BCUT2D eigenvalue weighted by atomic mass is 10.3. The van der Waals surface area contributed by atoms with Crippen molar-refractivity contribution in [1.29, 1.82) is 0 Å². The molecule has 0 spiro atoms. The van der Waals surface area contributed by atoms with Crippen LogP contribution in [0.2, 0.25) is 0 Å². The molecule has 0 aliphatic heterocycles. The van der Waals surface area contributed by atoms with Crippen LogP contribution in [0.4, 0.5) is 4.39 Å². The second kappa shape index (κ2) is 4.06. The van der Waals surface area contributed by atoms with Crippen molar-refractivity contribution in [3.05, 3.63) is 42.5 Å². The van der Waals surface area contributed by atoms with Gasteiger partial charge in [0.15, 0.2) is 0 Å². The van der Waals surface area contributed by atoms with Crippen molar-refractivity contribution in [3.63, 3.8) is 0 Å². The summed E-state index contributed by atoms with van der Waals surface area (Å²) in [5.74, 6) is 1.10. The van der Waals surface area contributed by atoms with Gasteiger partial charge in [0.05, 0.1) is 11.0 Å². The number of allylic oxidation sites excluding steroid dienone is 1. The topological polar surface area (TPSA) is 17.8 Å². The van der Waals surface area contributed by atoms with E-state index < -0.39 is 0 Å². The van der Waals surface area contributed by atoms with Gasteiger partial charge in [-0.1, -0.05) is 6.08 Å². The normalized spacial score (nSPS) is 10.8. The van der Waals surface area contributed by atoms with Crippen LogP contribution in [0.1, 0.15) is 5.82 Å². The Morgan fingerprint density at radius 2 is 2.33 bits per heavy atom. The maximum absolute atomic E-state index is 13.0. The molecule has 0 saturated heterocycles. The minimum atomic E-state index is -0.267. The number of imidazole rings is 1. The van der Waals surface area contributed by atoms with Crippen LogP contribution < -0.4 is 0 Å². The summed E-state index contributed by atoms with van der Waals surface area (Å²) in [5, 5.41) is 0. The number of fused-ring (bicyclic) bond motifs is 1. The molecule has 0 aliphatic rings. The van der Waals surface area contributed by atoms with Crippen LogP contribution in [0.5, 0.6) is 0 Å². The van der Waals surface area contributed by atoms with Gasteiger partial charge in [-0.05, 0) is 12.1 Å². The first-order chi connectivity index (χ1) is 7.26. The van der Waals surface area contributed by atoms with Crippen molar-refractivity contribution >= 4 is 23.7 Å². The summed E-state index contributed by atoms with van der Waals surface area (Å²) in [6, 6.07) is 4.60. The monoisotopic (exact) mass is 222 g/mol. The van der Waals surface area contributed by atoms with E-state index in [-0.39, 0.29) is 5.82 Å². The van der Waals surface area contributed by atoms with Crippen LogP contribution >= 0.6 is 12.6 Å². The van der Waals surface area contributed by atoms with Crippen molar-refractivity contribution in [1.82, 2.24) is 9.55 Å². The van der Waals surface area contributed by atoms with Gasteiger partial charge in [0.25, 0.3) is 0 Å². The highest BCUT2D eigenvalue weighted by Gasteiger charge is 2.08. The molecule has 4 heteroatoms. The molecule has 2 nitrogen and oxygen atoms in total. The Hall–Kier alpha value is -1.29. The number of hydrogen-bond acceptors (Lipinski definition) is 2. The SMILES string of the molecule is C=CCn1c(CS)nc2cc(F)ccc21. The number of halogens is 1. The predicted molar refractivity (Wildman–Crippen MR) is 62.6 cm³/mol. The Morgan fingerprint density at radius 3 is 3.00 bits per heavy atom. The average molecular weight is 222 g/mol. The summed E-state index contributed by atoms with van der Waals surface area (Å²) in [6.07, 6.45) is 1.79. The third-order valence-electron chi connectivity index (χ3n) is 2.24. The van der Waals surface area contributed by atoms with E-state index in [0.29, 0.717) is 17.8 Å². The number of thiol groups is 1. The number of benzene rings is 1. The van der Waals surface area contributed by atoms with Crippen LogP contribution in [0.3, 0.4) is 0 Å². The van der Waals surface area contributed by atoms with Gasteiger partial charge in [0.2, 0.25) is 0 Å². The van der Waals surface area contributed by atoms with Crippen LogP contribution in [-0.2, 0) is 12.3 Å². The van der Waals surface area contributed by atoms with E-state index >= 15 is 0 Å². The third-order valence-corrected chi connectivity index (χ3v) is 2.53. The molecule has 0 fully saturated rings. The maximum atomic E-state index is 13.0. The van der Waals surface area contributed by atoms with Crippen molar-refractivity contribution in [2.75, 3.05) is 0 Å². The highest BCUT2D eigenvalue weighted by atomic mass is 32.1. The number of nitrogens with zero attached hydrogens (tertiary/aromatic N) is 2. The summed E-state index contributed by atoms with van der Waals surface area (Å²) >= 11 is 4.20. The van der Waals surface area contributed by atoms with Crippen molar-refractivity contribution in [2.24, 2.45) is 0 Å². The van der Waals surface area contributed by atoms with Gasteiger partial charge in [-0.25, -0.2) is 9.37 Å². The Labute approximate surface area is 92.8 Å². The smallest absolute Gasteiger partial charge is 0.125 e. The maximum Gasteiger partial charge on any atom is 0.125 e. The highest BCUT2D eigenvalue weighted by molar-refractivity contribution is 7.79. The lowest BCUT2D eigenvalue weighted by molar-refractivity contribution is 0.629. The largest absolute Gasteiger partial charge is 0.323 e. The molecule has 0 N–H and O–H groups in total. The van der Waals surface area contributed by atoms with Gasteiger partial charge in [-0.15, -0.1) is 6.58 Å². The molecule has 1 aromatic heterocycles. The molecule has 15 heavy (non-hydrogen) atoms. The molecule has 1 heterocycles. The summed E-state index contributed by atoms with van der Waals surface area (Å²) in [5.41, 5.74) is 1.58. The molecular formula is C11H11FN2S. The first kappa shape index (κ1) is 10.2. The van der Waals surface area contributed by atoms with Crippen LogP contribution in [0.15, 0.2) is 30.9 Å². The fourth-order valence-corrected chi connectivity index (χ4v) is 1.85. The van der Waals surface area contributed by atoms with Crippen molar-refractivity contribution in [3.8, 4) is 0 Å². The molecule has 0 aliphatic carbocycles. The predicted octanol–water partition coefficient (Wildman–Crippen LogP) is 2.79.